The highest BCUT2D eigenvalue weighted by molar-refractivity contribution is 6.04. The van der Waals surface area contributed by atoms with Gasteiger partial charge in [-0.1, -0.05) is 42.5 Å². The van der Waals surface area contributed by atoms with Crippen molar-refractivity contribution >= 4 is 17.8 Å². The van der Waals surface area contributed by atoms with Gasteiger partial charge < -0.3 is 4.90 Å². The molecule has 8 heteroatoms. The Morgan fingerprint density at radius 3 is 2.53 bits per heavy atom. The molecule has 30 heavy (non-hydrogen) atoms. The lowest BCUT2D eigenvalue weighted by Gasteiger charge is -2.25. The number of hydrogen-bond acceptors (Lipinski definition) is 5. The standard InChI is InChI=1S/C22H22N4O4/c27-20(18-6-2-1-3-7-18)24-22(29)26(15-17-5-4-12-23-13-17)14-16-8-10-19(11-9-16)21(28)25-30/h1-10,12-13,19,30H,11,14-15H2,(H,25,28)(H,24,27,29). The van der Waals surface area contributed by atoms with Gasteiger partial charge in [-0.05, 0) is 35.8 Å². The molecular formula is C22H22N4O4. The van der Waals surface area contributed by atoms with Crippen LogP contribution >= 0.6 is 0 Å². The molecule has 0 fully saturated rings. The van der Waals surface area contributed by atoms with Gasteiger partial charge in [0.2, 0.25) is 0 Å². The SMILES string of the molecule is O=C(NC(=O)N(CC1=CCC(C(=O)NO)C=C1)Cc1cccnc1)c1ccccc1. The van der Waals surface area contributed by atoms with Crippen molar-refractivity contribution in [3.8, 4) is 0 Å². The number of pyridine rings is 1. The molecule has 3 N–H and O–H groups in total. The molecule has 0 saturated carbocycles. The highest BCUT2D eigenvalue weighted by Crippen LogP contribution is 2.18. The zero-order valence-electron chi connectivity index (χ0n) is 16.2. The summed E-state index contributed by atoms with van der Waals surface area (Å²) in [4.78, 5) is 42.3. The monoisotopic (exact) mass is 406 g/mol. The van der Waals surface area contributed by atoms with Crippen molar-refractivity contribution in [3.63, 3.8) is 0 Å². The summed E-state index contributed by atoms with van der Waals surface area (Å²) in [6.45, 7) is 0.500. The lowest BCUT2D eigenvalue weighted by Crippen LogP contribution is -2.43. The molecule has 1 unspecified atom stereocenters. The molecular weight excluding hydrogens is 384 g/mol. The zero-order chi connectivity index (χ0) is 21.3. The van der Waals surface area contributed by atoms with E-state index in [4.69, 9.17) is 5.21 Å². The molecule has 0 bridgehead atoms. The van der Waals surface area contributed by atoms with Crippen LogP contribution in [0.15, 0.2) is 78.7 Å². The molecule has 0 spiro atoms. The maximum Gasteiger partial charge on any atom is 0.324 e. The third kappa shape index (κ3) is 5.62. The first-order chi connectivity index (χ1) is 14.6. The Morgan fingerprint density at radius 1 is 1.10 bits per heavy atom. The van der Waals surface area contributed by atoms with Gasteiger partial charge in [0.05, 0.1) is 5.92 Å². The first-order valence-corrected chi connectivity index (χ1v) is 9.42. The molecule has 0 saturated heterocycles. The van der Waals surface area contributed by atoms with Crippen LogP contribution in [-0.4, -0.2) is 39.5 Å². The van der Waals surface area contributed by atoms with Crippen LogP contribution in [0.25, 0.3) is 0 Å². The van der Waals surface area contributed by atoms with Crippen LogP contribution in [0.1, 0.15) is 22.3 Å². The summed E-state index contributed by atoms with van der Waals surface area (Å²) in [7, 11) is 0. The quantitative estimate of drug-likeness (QED) is 0.504. The van der Waals surface area contributed by atoms with Crippen LogP contribution in [0.3, 0.4) is 0 Å². The van der Waals surface area contributed by atoms with Gasteiger partial charge in [0.25, 0.3) is 11.8 Å². The van der Waals surface area contributed by atoms with E-state index in [0.29, 0.717) is 12.0 Å². The molecule has 1 aliphatic rings. The maximum absolute atomic E-state index is 12.8. The van der Waals surface area contributed by atoms with Crippen LogP contribution < -0.4 is 10.8 Å². The van der Waals surface area contributed by atoms with E-state index in [1.807, 2.05) is 12.1 Å². The third-order valence-corrected chi connectivity index (χ3v) is 4.64. The lowest BCUT2D eigenvalue weighted by atomic mass is 9.96. The molecule has 1 aromatic heterocycles. The molecule has 154 valence electrons. The molecule has 0 radical (unpaired) electrons. The molecule has 4 amide bonds. The second-order valence-electron chi connectivity index (χ2n) is 6.80. The number of carbonyl (C=O) groups excluding carboxylic acids is 3. The van der Waals surface area contributed by atoms with Gasteiger partial charge in [0, 0.05) is 31.0 Å². The third-order valence-electron chi connectivity index (χ3n) is 4.64. The predicted octanol–water partition coefficient (Wildman–Crippen LogP) is 2.44. The van der Waals surface area contributed by atoms with Gasteiger partial charge in [0.1, 0.15) is 0 Å². The number of amides is 4. The Morgan fingerprint density at radius 2 is 1.90 bits per heavy atom. The van der Waals surface area contributed by atoms with E-state index in [-0.39, 0.29) is 13.1 Å². The van der Waals surface area contributed by atoms with Crippen molar-refractivity contribution in [2.75, 3.05) is 6.54 Å². The summed E-state index contributed by atoms with van der Waals surface area (Å²) < 4.78 is 0. The maximum atomic E-state index is 12.8. The number of hydroxylamine groups is 1. The van der Waals surface area contributed by atoms with E-state index in [9.17, 15) is 14.4 Å². The Bertz CT molecular complexity index is 958. The van der Waals surface area contributed by atoms with Crippen LogP contribution in [0.4, 0.5) is 4.79 Å². The average Bonchev–Trinajstić information content (AvgIpc) is 2.79. The summed E-state index contributed by atoms with van der Waals surface area (Å²) in [6, 6.07) is 11.6. The van der Waals surface area contributed by atoms with Crippen LogP contribution in [0, 0.1) is 5.92 Å². The van der Waals surface area contributed by atoms with E-state index >= 15 is 0 Å². The number of nitrogens with one attached hydrogen (secondary N) is 2. The fourth-order valence-corrected chi connectivity index (χ4v) is 3.03. The van der Waals surface area contributed by atoms with E-state index in [2.05, 4.69) is 10.3 Å². The molecule has 1 heterocycles. The summed E-state index contributed by atoms with van der Waals surface area (Å²) in [6.07, 6.45) is 8.96. The normalized spacial score (nSPS) is 15.1. The number of urea groups is 1. The van der Waals surface area contributed by atoms with Crippen molar-refractivity contribution in [1.82, 2.24) is 20.7 Å². The van der Waals surface area contributed by atoms with E-state index in [0.717, 1.165) is 11.1 Å². The summed E-state index contributed by atoms with van der Waals surface area (Å²) in [5.74, 6) is -1.43. The average molecular weight is 406 g/mol. The van der Waals surface area contributed by atoms with Crippen LogP contribution in [0.2, 0.25) is 0 Å². The van der Waals surface area contributed by atoms with Crippen molar-refractivity contribution in [1.29, 1.82) is 0 Å². The Labute approximate surface area is 173 Å². The minimum atomic E-state index is -0.530. The number of hydrogen-bond donors (Lipinski definition) is 3. The highest BCUT2D eigenvalue weighted by atomic mass is 16.5. The number of benzene rings is 1. The van der Waals surface area contributed by atoms with Crippen molar-refractivity contribution < 1.29 is 19.6 Å². The Balaban J connectivity index is 1.71. The van der Waals surface area contributed by atoms with E-state index in [1.54, 1.807) is 66.4 Å². The summed E-state index contributed by atoms with van der Waals surface area (Å²) in [5.41, 5.74) is 3.67. The lowest BCUT2D eigenvalue weighted by molar-refractivity contribution is -0.131. The summed E-state index contributed by atoms with van der Waals surface area (Å²) in [5, 5.41) is 11.2. The molecule has 2 aromatic rings. The fourth-order valence-electron chi connectivity index (χ4n) is 3.03. The van der Waals surface area contributed by atoms with Crippen molar-refractivity contribution in [2.45, 2.75) is 13.0 Å². The smallest absolute Gasteiger partial charge is 0.316 e. The Hall–Kier alpha value is -3.78. The van der Waals surface area contributed by atoms with Gasteiger partial charge in [-0.3, -0.25) is 25.1 Å². The number of carbonyl (C=O) groups is 3. The van der Waals surface area contributed by atoms with E-state index in [1.165, 1.54) is 4.90 Å². The number of allylic oxidation sites excluding steroid dienone is 1. The minimum absolute atomic E-state index is 0.243. The molecule has 3 rings (SSSR count). The summed E-state index contributed by atoms with van der Waals surface area (Å²) >= 11 is 0. The highest BCUT2D eigenvalue weighted by Gasteiger charge is 2.21. The van der Waals surface area contributed by atoms with Crippen LogP contribution in [-0.2, 0) is 11.3 Å². The fraction of sp³-hybridized carbons (Fsp3) is 0.182. The topological polar surface area (TPSA) is 112 Å². The number of rotatable bonds is 6. The zero-order valence-corrected chi connectivity index (χ0v) is 16.2. The number of aromatic nitrogens is 1. The van der Waals surface area contributed by atoms with Gasteiger partial charge in [0.15, 0.2) is 0 Å². The first kappa shape index (κ1) is 20.9. The first-order valence-electron chi connectivity index (χ1n) is 9.42. The van der Waals surface area contributed by atoms with Crippen LogP contribution in [0.5, 0.6) is 0 Å². The molecule has 1 atom stereocenters. The molecule has 1 aromatic carbocycles. The molecule has 8 nitrogen and oxygen atoms in total. The minimum Gasteiger partial charge on any atom is -0.316 e. The largest absolute Gasteiger partial charge is 0.324 e. The van der Waals surface area contributed by atoms with E-state index < -0.39 is 23.8 Å². The van der Waals surface area contributed by atoms with Gasteiger partial charge in [-0.2, -0.15) is 0 Å². The second kappa shape index (κ2) is 10.1. The van der Waals surface area contributed by atoms with Gasteiger partial charge in [-0.25, -0.2) is 10.3 Å². The predicted molar refractivity (Wildman–Crippen MR) is 109 cm³/mol. The Kier molecular flexibility index (Phi) is 7.07. The number of imide groups is 1. The van der Waals surface area contributed by atoms with Crippen molar-refractivity contribution in [2.24, 2.45) is 5.92 Å². The number of nitrogens with zero attached hydrogens (tertiary/aromatic N) is 2. The second-order valence-corrected chi connectivity index (χ2v) is 6.80. The molecule has 0 aliphatic heterocycles. The van der Waals surface area contributed by atoms with Gasteiger partial charge in [-0.15, -0.1) is 0 Å². The van der Waals surface area contributed by atoms with Gasteiger partial charge >= 0.3 is 6.03 Å². The van der Waals surface area contributed by atoms with Crippen molar-refractivity contribution in [3.05, 3.63) is 89.8 Å². The molecule has 1 aliphatic carbocycles.